The van der Waals surface area contributed by atoms with E-state index in [2.05, 4.69) is 10.1 Å². The smallest absolute Gasteiger partial charge is 0.413 e. The Bertz CT molecular complexity index is 749. The van der Waals surface area contributed by atoms with Crippen LogP contribution in [0, 0.1) is 0 Å². The number of likely N-dealkylation sites (N-methyl/N-ethyl adjacent to an activating group) is 1. The Morgan fingerprint density at radius 2 is 2.00 bits per heavy atom. The number of amides is 2. The quantitative estimate of drug-likeness (QED) is 0.707. The van der Waals surface area contributed by atoms with E-state index < -0.39 is 12.0 Å². The Kier molecular flexibility index (Phi) is 8.09. The van der Waals surface area contributed by atoms with Gasteiger partial charge >= 0.3 is 6.09 Å². The Morgan fingerprint density at radius 1 is 1.19 bits per heavy atom. The number of carbonyl (C=O) groups excluding carboxylic acids is 2. The molecule has 1 N–H and O–H groups in total. The molecule has 0 spiro atoms. The highest BCUT2D eigenvalue weighted by molar-refractivity contribution is 7.09. The summed E-state index contributed by atoms with van der Waals surface area (Å²) in [5.41, 5.74) is 0.975. The molecule has 8 heteroatoms. The molecule has 1 aromatic heterocycles. The predicted molar refractivity (Wildman–Crippen MR) is 103 cm³/mol. The van der Waals surface area contributed by atoms with Gasteiger partial charge in [0.15, 0.2) is 11.5 Å². The minimum Gasteiger partial charge on any atom is -0.493 e. The van der Waals surface area contributed by atoms with Crippen LogP contribution in [0.4, 0.5) is 4.79 Å². The van der Waals surface area contributed by atoms with Crippen molar-refractivity contribution in [2.24, 2.45) is 0 Å². The first-order valence-corrected chi connectivity index (χ1v) is 9.36. The lowest BCUT2D eigenvalue weighted by Crippen LogP contribution is -2.39. The minimum absolute atomic E-state index is 0.0878. The van der Waals surface area contributed by atoms with Crippen molar-refractivity contribution in [1.82, 2.24) is 10.2 Å². The number of methoxy groups -OCH3 is 2. The molecule has 0 saturated carbocycles. The summed E-state index contributed by atoms with van der Waals surface area (Å²) >= 11 is 1.64. The molecule has 1 aromatic carbocycles. The zero-order chi connectivity index (χ0) is 19.6. The largest absolute Gasteiger partial charge is 0.493 e. The van der Waals surface area contributed by atoms with Crippen LogP contribution in [-0.4, -0.2) is 44.2 Å². The average Bonchev–Trinajstić information content (AvgIpc) is 3.19. The third-order valence-corrected chi connectivity index (χ3v) is 4.68. The summed E-state index contributed by atoms with van der Waals surface area (Å²) in [6.45, 7) is 3.70. The number of benzene rings is 1. The van der Waals surface area contributed by atoms with E-state index in [0.29, 0.717) is 31.2 Å². The van der Waals surface area contributed by atoms with Gasteiger partial charge in [0, 0.05) is 11.4 Å². The van der Waals surface area contributed by atoms with Crippen LogP contribution in [0.15, 0.2) is 35.7 Å². The van der Waals surface area contributed by atoms with E-state index in [4.69, 9.17) is 9.47 Å². The fourth-order valence-corrected chi connectivity index (χ4v) is 3.03. The summed E-state index contributed by atoms with van der Waals surface area (Å²) in [5.74, 6) is 0.895. The van der Waals surface area contributed by atoms with Gasteiger partial charge in [0.2, 0.25) is 5.91 Å². The fraction of sp³-hybridized carbons (Fsp3) is 0.368. The van der Waals surface area contributed by atoms with Gasteiger partial charge in [-0.1, -0.05) is 19.1 Å². The van der Waals surface area contributed by atoms with Gasteiger partial charge in [-0.2, -0.15) is 0 Å². The van der Waals surface area contributed by atoms with Gasteiger partial charge in [-0.3, -0.25) is 15.0 Å². The van der Waals surface area contributed by atoms with Crippen molar-refractivity contribution in [2.45, 2.75) is 20.1 Å². The van der Waals surface area contributed by atoms with Crippen LogP contribution in [0.2, 0.25) is 0 Å². The number of imide groups is 1. The van der Waals surface area contributed by atoms with Gasteiger partial charge < -0.3 is 14.2 Å². The van der Waals surface area contributed by atoms with Crippen LogP contribution in [0.5, 0.6) is 11.5 Å². The van der Waals surface area contributed by atoms with Crippen LogP contribution < -0.4 is 14.8 Å². The van der Waals surface area contributed by atoms with Gasteiger partial charge in [0.05, 0.1) is 20.8 Å². The first kappa shape index (κ1) is 20.7. The first-order chi connectivity index (χ1) is 13.0. The topological polar surface area (TPSA) is 77.1 Å². The number of nitrogens with one attached hydrogen (secondary N) is 1. The van der Waals surface area contributed by atoms with Crippen molar-refractivity contribution < 1.29 is 23.8 Å². The maximum Gasteiger partial charge on any atom is 0.413 e. The number of rotatable bonds is 9. The van der Waals surface area contributed by atoms with Crippen LogP contribution in [0.3, 0.4) is 0 Å². The van der Waals surface area contributed by atoms with Gasteiger partial charge in [-0.25, -0.2) is 4.79 Å². The summed E-state index contributed by atoms with van der Waals surface area (Å²) in [6.07, 6.45) is -0.759. The second-order valence-corrected chi connectivity index (χ2v) is 6.73. The SMILES string of the molecule is CCN(CC(=O)NC(=O)OC)Cc1ccc(OCc2cccs2)c(OC)c1. The van der Waals surface area contributed by atoms with Crippen molar-refractivity contribution in [3.8, 4) is 11.5 Å². The van der Waals surface area contributed by atoms with Gasteiger partial charge in [-0.05, 0) is 35.7 Å². The molecule has 2 amide bonds. The molecular formula is C19H24N2O5S. The van der Waals surface area contributed by atoms with E-state index in [1.54, 1.807) is 18.4 Å². The van der Waals surface area contributed by atoms with Gasteiger partial charge in [0.25, 0.3) is 0 Å². The molecule has 0 atom stereocenters. The minimum atomic E-state index is -0.759. The second kappa shape index (κ2) is 10.5. The lowest BCUT2D eigenvalue weighted by molar-refractivity contribution is -0.121. The van der Waals surface area contributed by atoms with Crippen molar-refractivity contribution in [1.29, 1.82) is 0 Å². The summed E-state index contributed by atoms with van der Waals surface area (Å²) in [7, 11) is 2.81. The summed E-state index contributed by atoms with van der Waals surface area (Å²) < 4.78 is 15.7. The highest BCUT2D eigenvalue weighted by Crippen LogP contribution is 2.29. The Labute approximate surface area is 162 Å². The molecule has 2 rings (SSSR count). The first-order valence-electron chi connectivity index (χ1n) is 8.48. The monoisotopic (exact) mass is 392 g/mol. The van der Waals surface area contributed by atoms with Gasteiger partial charge in [-0.15, -0.1) is 11.3 Å². The third-order valence-electron chi connectivity index (χ3n) is 3.83. The number of hydrogen-bond acceptors (Lipinski definition) is 7. The van der Waals surface area contributed by atoms with E-state index in [0.717, 1.165) is 10.4 Å². The van der Waals surface area contributed by atoms with E-state index >= 15 is 0 Å². The molecule has 0 saturated heterocycles. The van der Waals surface area contributed by atoms with Crippen molar-refractivity contribution >= 4 is 23.3 Å². The Morgan fingerprint density at radius 3 is 2.63 bits per heavy atom. The molecule has 0 aliphatic rings. The fourth-order valence-electron chi connectivity index (χ4n) is 2.42. The summed E-state index contributed by atoms with van der Waals surface area (Å²) in [6, 6.07) is 9.70. The molecule has 1 heterocycles. The normalized spacial score (nSPS) is 10.5. The van der Waals surface area contributed by atoms with Crippen LogP contribution in [0.1, 0.15) is 17.4 Å². The molecule has 0 unspecified atom stereocenters. The molecule has 7 nitrogen and oxygen atoms in total. The Hall–Kier alpha value is -2.58. The van der Waals surface area contributed by atoms with E-state index in [-0.39, 0.29) is 6.54 Å². The van der Waals surface area contributed by atoms with Crippen molar-refractivity contribution in [3.05, 3.63) is 46.2 Å². The molecule has 2 aromatic rings. The lowest BCUT2D eigenvalue weighted by Gasteiger charge is -2.20. The molecule has 0 fully saturated rings. The highest BCUT2D eigenvalue weighted by Gasteiger charge is 2.14. The molecule has 146 valence electrons. The van der Waals surface area contributed by atoms with E-state index in [9.17, 15) is 9.59 Å². The molecule has 0 aliphatic carbocycles. The number of hydrogen-bond donors (Lipinski definition) is 1. The molecule has 0 bridgehead atoms. The van der Waals surface area contributed by atoms with Crippen molar-refractivity contribution in [2.75, 3.05) is 27.3 Å². The molecule has 27 heavy (non-hydrogen) atoms. The number of ether oxygens (including phenoxy) is 3. The zero-order valence-electron chi connectivity index (χ0n) is 15.7. The molecular weight excluding hydrogens is 368 g/mol. The number of alkyl carbamates (subject to hydrolysis) is 1. The van der Waals surface area contributed by atoms with Gasteiger partial charge in [0.1, 0.15) is 6.61 Å². The number of nitrogens with zero attached hydrogens (tertiary/aromatic N) is 1. The average molecular weight is 392 g/mol. The molecule has 0 aliphatic heterocycles. The highest BCUT2D eigenvalue weighted by atomic mass is 32.1. The van der Waals surface area contributed by atoms with Crippen molar-refractivity contribution in [3.63, 3.8) is 0 Å². The number of thiophene rings is 1. The van der Waals surface area contributed by atoms with Crippen LogP contribution in [0.25, 0.3) is 0 Å². The van der Waals surface area contributed by atoms with Crippen LogP contribution in [-0.2, 0) is 22.7 Å². The molecule has 0 radical (unpaired) electrons. The second-order valence-electron chi connectivity index (χ2n) is 5.70. The standard InChI is InChI=1S/C19H24N2O5S/c1-4-21(12-18(22)20-19(23)25-3)11-14-7-8-16(17(10-14)24-2)26-13-15-6-5-9-27-15/h5-10H,4,11-13H2,1-3H3,(H,20,22,23). The lowest BCUT2D eigenvalue weighted by atomic mass is 10.2. The Balaban J connectivity index is 1.98. The number of carbonyl (C=O) groups is 2. The maximum absolute atomic E-state index is 11.8. The maximum atomic E-state index is 11.8. The van der Waals surface area contributed by atoms with E-state index in [1.165, 1.54) is 7.11 Å². The summed E-state index contributed by atoms with van der Waals surface area (Å²) in [4.78, 5) is 26.0. The zero-order valence-corrected chi connectivity index (χ0v) is 16.5. The summed E-state index contributed by atoms with van der Waals surface area (Å²) in [5, 5.41) is 4.17. The predicted octanol–water partition coefficient (Wildman–Crippen LogP) is 3.04. The third kappa shape index (κ3) is 6.58. The van der Waals surface area contributed by atoms with E-state index in [1.807, 2.05) is 47.5 Å². The van der Waals surface area contributed by atoms with Crippen LogP contribution >= 0.6 is 11.3 Å².